The molecule has 28 heavy (non-hydrogen) atoms. The van der Waals surface area contributed by atoms with E-state index in [-0.39, 0.29) is 16.7 Å². The molecule has 5 nitrogen and oxygen atoms in total. The number of amides is 1. The topological polar surface area (TPSA) is 68.0 Å². The maximum Gasteiger partial charge on any atom is 0.277 e. The molecular weight excluding hydrogens is 394 g/mol. The Morgan fingerprint density at radius 2 is 1.75 bits per heavy atom. The summed E-state index contributed by atoms with van der Waals surface area (Å²) in [5.41, 5.74) is 0.846. The van der Waals surface area contributed by atoms with Gasteiger partial charge in [0.1, 0.15) is 0 Å². The molecule has 4 aliphatic carbocycles. The average molecular weight is 418 g/mol. The molecule has 1 N–H and O–H groups in total. The Bertz CT molecular complexity index is 847. The van der Waals surface area contributed by atoms with Crippen LogP contribution in [0.1, 0.15) is 45.4 Å². The van der Waals surface area contributed by atoms with Crippen LogP contribution in [0, 0.1) is 17.8 Å². The standard InChI is InChI=1S/C21H24ClN3O2S/c1-12(28-20-25-24-19(27-20)16-2-4-17(22)5-3-16)18(26)23-21-9-13-6-14(10-21)8-15(7-13)11-21/h2-5,12-15H,6-11H2,1H3,(H,23,26)/t12-,13?,14?,15?,21?/m1/s1. The third-order valence-corrected chi connectivity index (χ3v) is 7.76. The van der Waals surface area contributed by atoms with Crippen molar-refractivity contribution in [3.63, 3.8) is 0 Å². The van der Waals surface area contributed by atoms with E-state index in [1.165, 1.54) is 31.0 Å². The highest BCUT2D eigenvalue weighted by Gasteiger charge is 2.51. The predicted octanol–water partition coefficient (Wildman–Crippen LogP) is 4.96. The first-order valence-electron chi connectivity index (χ1n) is 10.1. The van der Waals surface area contributed by atoms with Gasteiger partial charge in [0.15, 0.2) is 0 Å². The highest BCUT2D eigenvalue weighted by atomic mass is 35.5. The minimum Gasteiger partial charge on any atom is -0.411 e. The van der Waals surface area contributed by atoms with E-state index in [9.17, 15) is 4.79 Å². The van der Waals surface area contributed by atoms with Crippen molar-refractivity contribution in [2.75, 3.05) is 0 Å². The third kappa shape index (κ3) is 3.57. The van der Waals surface area contributed by atoms with E-state index in [2.05, 4.69) is 15.5 Å². The number of benzene rings is 1. The minimum atomic E-state index is -0.272. The molecule has 4 aliphatic rings. The van der Waals surface area contributed by atoms with Crippen LogP contribution in [0.3, 0.4) is 0 Å². The molecule has 1 atom stereocenters. The summed E-state index contributed by atoms with van der Waals surface area (Å²) in [4.78, 5) is 12.9. The molecule has 4 saturated carbocycles. The number of aromatic nitrogens is 2. The fourth-order valence-electron chi connectivity index (χ4n) is 5.80. The zero-order valence-electron chi connectivity index (χ0n) is 15.9. The number of carbonyl (C=O) groups is 1. The molecule has 0 unspecified atom stereocenters. The number of thioether (sulfide) groups is 1. The average Bonchev–Trinajstić information content (AvgIpc) is 3.09. The lowest BCUT2D eigenvalue weighted by Gasteiger charge is -2.57. The van der Waals surface area contributed by atoms with Crippen LogP contribution in [-0.4, -0.2) is 26.9 Å². The molecular formula is C21H24ClN3O2S. The predicted molar refractivity (Wildman–Crippen MR) is 109 cm³/mol. The lowest BCUT2D eigenvalue weighted by atomic mass is 9.53. The fraction of sp³-hybridized carbons (Fsp3) is 0.571. The van der Waals surface area contributed by atoms with Gasteiger partial charge >= 0.3 is 0 Å². The molecule has 1 aromatic carbocycles. The van der Waals surface area contributed by atoms with Crippen molar-refractivity contribution in [1.82, 2.24) is 15.5 Å². The lowest BCUT2D eigenvalue weighted by molar-refractivity contribution is -0.126. The summed E-state index contributed by atoms with van der Waals surface area (Å²) < 4.78 is 5.74. The highest BCUT2D eigenvalue weighted by Crippen LogP contribution is 2.55. The molecule has 1 aromatic heterocycles. The Balaban J connectivity index is 1.23. The third-order valence-electron chi connectivity index (χ3n) is 6.57. The van der Waals surface area contributed by atoms with E-state index in [4.69, 9.17) is 16.0 Å². The van der Waals surface area contributed by atoms with E-state index >= 15 is 0 Å². The van der Waals surface area contributed by atoms with Crippen LogP contribution in [0.25, 0.3) is 11.5 Å². The normalized spacial score (nSPS) is 31.7. The Labute approximate surface area is 174 Å². The molecule has 0 radical (unpaired) electrons. The van der Waals surface area contributed by atoms with E-state index in [0.29, 0.717) is 16.1 Å². The molecule has 1 amide bonds. The summed E-state index contributed by atoms with van der Waals surface area (Å²) in [5, 5.41) is 12.4. The van der Waals surface area contributed by atoms with Gasteiger partial charge in [0, 0.05) is 16.1 Å². The quantitative estimate of drug-likeness (QED) is 0.696. The number of hydrogen-bond donors (Lipinski definition) is 1. The first-order valence-corrected chi connectivity index (χ1v) is 11.3. The largest absolute Gasteiger partial charge is 0.411 e. The van der Waals surface area contributed by atoms with Gasteiger partial charge in [-0.15, -0.1) is 10.2 Å². The smallest absolute Gasteiger partial charge is 0.277 e. The van der Waals surface area contributed by atoms with Crippen LogP contribution in [-0.2, 0) is 4.79 Å². The van der Waals surface area contributed by atoms with Gasteiger partial charge in [-0.1, -0.05) is 23.4 Å². The number of rotatable bonds is 5. The van der Waals surface area contributed by atoms with Gasteiger partial charge in [0.05, 0.1) is 5.25 Å². The van der Waals surface area contributed by atoms with Crippen LogP contribution in [0.5, 0.6) is 0 Å². The Hall–Kier alpha value is -1.53. The van der Waals surface area contributed by atoms with E-state index in [0.717, 1.165) is 42.6 Å². The molecule has 4 fully saturated rings. The van der Waals surface area contributed by atoms with Gasteiger partial charge < -0.3 is 9.73 Å². The van der Waals surface area contributed by atoms with Gasteiger partial charge in [0.2, 0.25) is 11.8 Å². The fourth-order valence-corrected chi connectivity index (χ4v) is 6.61. The van der Waals surface area contributed by atoms with Crippen LogP contribution in [0.4, 0.5) is 0 Å². The van der Waals surface area contributed by atoms with E-state index in [1.54, 1.807) is 12.1 Å². The molecule has 1 heterocycles. The Kier molecular flexibility index (Phi) is 4.67. The van der Waals surface area contributed by atoms with Crippen molar-refractivity contribution in [2.24, 2.45) is 17.8 Å². The maximum absolute atomic E-state index is 12.9. The minimum absolute atomic E-state index is 0.0317. The first kappa shape index (κ1) is 18.5. The van der Waals surface area contributed by atoms with Crippen LogP contribution < -0.4 is 5.32 Å². The Morgan fingerprint density at radius 3 is 2.36 bits per heavy atom. The van der Waals surface area contributed by atoms with Gasteiger partial charge in [-0.2, -0.15) is 0 Å². The molecule has 4 bridgehead atoms. The summed E-state index contributed by atoms with van der Waals surface area (Å²) in [7, 11) is 0. The van der Waals surface area contributed by atoms with Crippen molar-refractivity contribution >= 4 is 29.3 Å². The molecule has 0 spiro atoms. The van der Waals surface area contributed by atoms with Crippen molar-refractivity contribution in [1.29, 1.82) is 0 Å². The number of halogens is 1. The Morgan fingerprint density at radius 1 is 1.14 bits per heavy atom. The van der Waals surface area contributed by atoms with Gasteiger partial charge in [0.25, 0.3) is 5.22 Å². The number of nitrogens with zero attached hydrogens (tertiary/aromatic N) is 2. The van der Waals surface area contributed by atoms with Crippen molar-refractivity contribution < 1.29 is 9.21 Å². The van der Waals surface area contributed by atoms with Crippen LogP contribution in [0.15, 0.2) is 33.9 Å². The summed E-state index contributed by atoms with van der Waals surface area (Å²) in [6.07, 6.45) is 7.58. The first-order chi connectivity index (χ1) is 13.5. The van der Waals surface area contributed by atoms with Crippen molar-refractivity contribution in [3.8, 4) is 11.5 Å². The van der Waals surface area contributed by atoms with Crippen molar-refractivity contribution in [2.45, 2.75) is 61.5 Å². The molecule has 6 rings (SSSR count). The molecule has 0 saturated heterocycles. The molecule has 148 valence electrons. The van der Waals surface area contributed by atoms with Gasteiger partial charge in [-0.05, 0) is 87.5 Å². The second-order valence-corrected chi connectivity index (χ2v) is 10.6. The molecule has 0 aliphatic heterocycles. The number of carbonyl (C=O) groups excluding carboxylic acids is 1. The second-order valence-electron chi connectivity index (χ2n) is 8.83. The van der Waals surface area contributed by atoms with Crippen molar-refractivity contribution in [3.05, 3.63) is 29.3 Å². The second kappa shape index (κ2) is 7.06. The van der Waals surface area contributed by atoms with E-state index < -0.39 is 0 Å². The maximum atomic E-state index is 12.9. The monoisotopic (exact) mass is 417 g/mol. The van der Waals surface area contributed by atoms with Crippen LogP contribution in [0.2, 0.25) is 5.02 Å². The van der Waals surface area contributed by atoms with Gasteiger partial charge in [-0.3, -0.25) is 4.79 Å². The lowest BCUT2D eigenvalue weighted by Crippen LogP contribution is -2.60. The number of hydrogen-bond acceptors (Lipinski definition) is 5. The van der Waals surface area contributed by atoms with E-state index in [1.807, 2.05) is 19.1 Å². The zero-order chi connectivity index (χ0) is 19.3. The van der Waals surface area contributed by atoms with Crippen LogP contribution >= 0.6 is 23.4 Å². The summed E-state index contributed by atoms with van der Waals surface area (Å²) in [6, 6.07) is 7.26. The highest BCUT2D eigenvalue weighted by molar-refractivity contribution is 8.00. The summed E-state index contributed by atoms with van der Waals surface area (Å²) in [5.74, 6) is 2.96. The zero-order valence-corrected chi connectivity index (χ0v) is 17.4. The molecule has 2 aromatic rings. The SMILES string of the molecule is C[C@@H](Sc1nnc(-c2ccc(Cl)cc2)o1)C(=O)NC12CC3CC(CC(C3)C1)C2. The summed E-state index contributed by atoms with van der Waals surface area (Å²) in [6.45, 7) is 1.91. The summed E-state index contributed by atoms with van der Waals surface area (Å²) >= 11 is 7.24. The van der Waals surface area contributed by atoms with Gasteiger partial charge in [-0.25, -0.2) is 0 Å². The molecule has 7 heteroatoms. The number of nitrogens with one attached hydrogen (secondary N) is 1.